The summed E-state index contributed by atoms with van der Waals surface area (Å²) in [5, 5.41) is 0. The first-order valence-electron chi connectivity index (χ1n) is 5.78. The third-order valence-electron chi connectivity index (χ3n) is 2.74. The van der Waals surface area contributed by atoms with E-state index in [9.17, 15) is 26.7 Å². The molecule has 1 aromatic heterocycles. The maximum atomic E-state index is 13.5. The summed E-state index contributed by atoms with van der Waals surface area (Å²) in [7, 11) is 0. The second-order valence-corrected chi connectivity index (χ2v) is 4.26. The molecular weight excluding hydrogens is 293 g/mol. The van der Waals surface area contributed by atoms with Crippen molar-refractivity contribution in [1.82, 2.24) is 4.98 Å². The Morgan fingerprint density at radius 1 is 1.10 bits per heavy atom. The van der Waals surface area contributed by atoms with Gasteiger partial charge in [-0.2, -0.15) is 13.2 Å². The van der Waals surface area contributed by atoms with Crippen LogP contribution in [0.1, 0.15) is 21.6 Å². The van der Waals surface area contributed by atoms with Gasteiger partial charge in [0.25, 0.3) is 0 Å². The highest BCUT2D eigenvalue weighted by molar-refractivity contribution is 5.97. The van der Waals surface area contributed by atoms with Crippen molar-refractivity contribution in [2.75, 3.05) is 0 Å². The molecule has 1 aromatic carbocycles. The molecule has 110 valence electrons. The molecule has 0 saturated carbocycles. The predicted octanol–water partition coefficient (Wildman–Crippen LogP) is 3.80. The topological polar surface area (TPSA) is 30.0 Å². The monoisotopic (exact) mass is 301 g/mol. The summed E-state index contributed by atoms with van der Waals surface area (Å²) in [5.41, 5.74) is -1.49. The average molecular weight is 301 g/mol. The number of Topliss-reactive ketones (excluding diaryl/α,β-unsaturated/α-hetero) is 1. The van der Waals surface area contributed by atoms with Gasteiger partial charge in [-0.3, -0.25) is 9.78 Å². The summed E-state index contributed by atoms with van der Waals surface area (Å²) < 4.78 is 63.3. The molecule has 0 aliphatic heterocycles. The minimum absolute atomic E-state index is 0.123. The number of aromatic nitrogens is 1. The number of benzene rings is 1. The molecule has 0 radical (unpaired) electrons. The van der Waals surface area contributed by atoms with Gasteiger partial charge in [0.15, 0.2) is 5.78 Å². The zero-order valence-electron chi connectivity index (χ0n) is 10.4. The first-order chi connectivity index (χ1) is 9.77. The van der Waals surface area contributed by atoms with Crippen molar-refractivity contribution < 1.29 is 26.7 Å². The Hall–Kier alpha value is -2.31. The average Bonchev–Trinajstić information content (AvgIpc) is 2.40. The van der Waals surface area contributed by atoms with Gasteiger partial charge in [0.1, 0.15) is 11.6 Å². The second-order valence-electron chi connectivity index (χ2n) is 4.26. The molecule has 0 spiro atoms. The summed E-state index contributed by atoms with van der Waals surface area (Å²) in [4.78, 5) is 15.1. The summed E-state index contributed by atoms with van der Waals surface area (Å²) in [6, 6.07) is 4.83. The SMILES string of the molecule is O=C(Cc1ncc(C(F)(F)F)cc1F)c1ccc(F)cc1. The molecule has 0 N–H and O–H groups in total. The molecule has 0 bridgehead atoms. The van der Waals surface area contributed by atoms with Crippen LogP contribution in [0.5, 0.6) is 0 Å². The van der Waals surface area contributed by atoms with Crippen molar-refractivity contribution in [1.29, 1.82) is 0 Å². The van der Waals surface area contributed by atoms with Crippen molar-refractivity contribution in [2.45, 2.75) is 12.6 Å². The van der Waals surface area contributed by atoms with Crippen LogP contribution in [-0.4, -0.2) is 10.8 Å². The van der Waals surface area contributed by atoms with Crippen LogP contribution in [0.25, 0.3) is 0 Å². The number of halogens is 5. The zero-order valence-corrected chi connectivity index (χ0v) is 10.4. The number of carbonyl (C=O) groups is 1. The number of rotatable bonds is 3. The van der Waals surface area contributed by atoms with Crippen LogP contribution in [-0.2, 0) is 12.6 Å². The van der Waals surface area contributed by atoms with E-state index < -0.39 is 41.3 Å². The van der Waals surface area contributed by atoms with Crippen LogP contribution >= 0.6 is 0 Å². The number of nitrogens with zero attached hydrogens (tertiary/aromatic N) is 1. The van der Waals surface area contributed by atoms with Gasteiger partial charge in [-0.1, -0.05) is 0 Å². The van der Waals surface area contributed by atoms with E-state index >= 15 is 0 Å². The van der Waals surface area contributed by atoms with Gasteiger partial charge in [-0.05, 0) is 30.3 Å². The van der Waals surface area contributed by atoms with Crippen molar-refractivity contribution in [3.8, 4) is 0 Å². The fourth-order valence-corrected chi connectivity index (χ4v) is 1.64. The number of hydrogen-bond donors (Lipinski definition) is 0. The van der Waals surface area contributed by atoms with Gasteiger partial charge >= 0.3 is 6.18 Å². The first-order valence-corrected chi connectivity index (χ1v) is 5.78. The lowest BCUT2D eigenvalue weighted by Gasteiger charge is -2.08. The number of ketones is 1. The van der Waals surface area contributed by atoms with Gasteiger partial charge in [0.05, 0.1) is 17.7 Å². The molecule has 2 nitrogen and oxygen atoms in total. The fourth-order valence-electron chi connectivity index (χ4n) is 1.64. The smallest absolute Gasteiger partial charge is 0.294 e. The summed E-state index contributed by atoms with van der Waals surface area (Å²) in [5.74, 6) is -2.31. The predicted molar refractivity (Wildman–Crippen MR) is 63.6 cm³/mol. The Bertz CT molecular complexity index is 664. The molecule has 2 rings (SSSR count). The highest BCUT2D eigenvalue weighted by atomic mass is 19.4. The van der Waals surface area contributed by atoms with Crippen LogP contribution in [0, 0.1) is 11.6 Å². The minimum atomic E-state index is -4.70. The fraction of sp³-hybridized carbons (Fsp3) is 0.143. The molecule has 1 heterocycles. The van der Waals surface area contributed by atoms with Gasteiger partial charge in [0.2, 0.25) is 0 Å². The van der Waals surface area contributed by atoms with Crippen LogP contribution in [0.3, 0.4) is 0 Å². The summed E-state index contributed by atoms with van der Waals surface area (Å²) >= 11 is 0. The van der Waals surface area contributed by atoms with Gasteiger partial charge in [-0.25, -0.2) is 8.78 Å². The molecular formula is C14H8F5NO. The lowest BCUT2D eigenvalue weighted by atomic mass is 10.1. The largest absolute Gasteiger partial charge is 0.417 e. The lowest BCUT2D eigenvalue weighted by molar-refractivity contribution is -0.138. The second kappa shape index (κ2) is 5.59. The van der Waals surface area contributed by atoms with E-state index in [1.807, 2.05) is 0 Å². The van der Waals surface area contributed by atoms with Crippen LogP contribution in [0.4, 0.5) is 22.0 Å². The normalized spacial score (nSPS) is 11.5. The highest BCUT2D eigenvalue weighted by Crippen LogP contribution is 2.29. The molecule has 0 saturated heterocycles. The van der Waals surface area contributed by atoms with E-state index in [1.165, 1.54) is 12.1 Å². The first kappa shape index (κ1) is 15.1. The molecule has 0 atom stereocenters. The van der Waals surface area contributed by atoms with Gasteiger partial charge in [-0.15, -0.1) is 0 Å². The van der Waals surface area contributed by atoms with Crippen molar-refractivity contribution >= 4 is 5.78 Å². The Labute approximate surface area is 116 Å². The molecule has 0 aliphatic rings. The molecule has 0 unspecified atom stereocenters. The molecule has 0 aliphatic carbocycles. The molecule has 7 heteroatoms. The van der Waals surface area contributed by atoms with E-state index in [1.54, 1.807) is 0 Å². The van der Waals surface area contributed by atoms with E-state index in [2.05, 4.69) is 4.98 Å². The Balaban J connectivity index is 2.20. The Morgan fingerprint density at radius 3 is 2.24 bits per heavy atom. The third-order valence-corrected chi connectivity index (χ3v) is 2.74. The lowest BCUT2D eigenvalue weighted by Crippen LogP contribution is -2.11. The van der Waals surface area contributed by atoms with Crippen LogP contribution in [0.2, 0.25) is 0 Å². The van der Waals surface area contributed by atoms with Crippen molar-refractivity contribution in [3.63, 3.8) is 0 Å². The third kappa shape index (κ3) is 3.62. The summed E-state index contributed by atoms with van der Waals surface area (Å²) in [6.07, 6.45) is -4.74. The molecule has 0 amide bonds. The maximum absolute atomic E-state index is 13.5. The van der Waals surface area contributed by atoms with Gasteiger partial charge in [0, 0.05) is 11.8 Å². The van der Waals surface area contributed by atoms with E-state index in [0.717, 1.165) is 12.1 Å². The number of pyridine rings is 1. The number of carbonyl (C=O) groups excluding carboxylic acids is 1. The van der Waals surface area contributed by atoms with Crippen molar-refractivity contribution in [2.24, 2.45) is 0 Å². The Kier molecular flexibility index (Phi) is 4.02. The number of hydrogen-bond acceptors (Lipinski definition) is 2. The van der Waals surface area contributed by atoms with Crippen LogP contribution < -0.4 is 0 Å². The van der Waals surface area contributed by atoms with E-state index in [4.69, 9.17) is 0 Å². The Morgan fingerprint density at radius 2 is 1.71 bits per heavy atom. The quantitative estimate of drug-likeness (QED) is 0.637. The zero-order chi connectivity index (χ0) is 15.6. The van der Waals surface area contributed by atoms with E-state index in [-0.39, 0.29) is 5.56 Å². The molecule has 0 fully saturated rings. The van der Waals surface area contributed by atoms with Crippen molar-refractivity contribution in [3.05, 3.63) is 65.0 Å². The highest BCUT2D eigenvalue weighted by Gasteiger charge is 2.32. The van der Waals surface area contributed by atoms with E-state index in [0.29, 0.717) is 12.3 Å². The minimum Gasteiger partial charge on any atom is -0.294 e. The maximum Gasteiger partial charge on any atom is 0.417 e. The standard InChI is InChI=1S/C14H8F5NO/c15-10-3-1-8(2-4-10)13(21)6-12-11(16)5-9(7-20-12)14(17,18)19/h1-5,7H,6H2. The van der Waals surface area contributed by atoms with Crippen LogP contribution in [0.15, 0.2) is 36.5 Å². The molecule has 2 aromatic rings. The molecule has 21 heavy (non-hydrogen) atoms. The summed E-state index contributed by atoms with van der Waals surface area (Å²) in [6.45, 7) is 0. The van der Waals surface area contributed by atoms with Gasteiger partial charge < -0.3 is 0 Å². The number of alkyl halides is 3.